The molecule has 1 aliphatic carbocycles. The summed E-state index contributed by atoms with van der Waals surface area (Å²) in [7, 11) is 1.91. The van der Waals surface area contributed by atoms with E-state index in [1.807, 2.05) is 18.0 Å². The van der Waals surface area contributed by atoms with Crippen molar-refractivity contribution in [3.63, 3.8) is 0 Å². The molecule has 0 radical (unpaired) electrons. The minimum absolute atomic E-state index is 0.0628. The predicted molar refractivity (Wildman–Crippen MR) is 85.6 cm³/mol. The largest absolute Gasteiger partial charge is 0.467 e. The van der Waals surface area contributed by atoms with Crippen LogP contribution in [0.2, 0.25) is 0 Å². The van der Waals surface area contributed by atoms with Gasteiger partial charge in [0.05, 0.1) is 12.8 Å². The first-order valence-corrected chi connectivity index (χ1v) is 8.43. The fourth-order valence-electron chi connectivity index (χ4n) is 3.11. The average molecular weight is 319 g/mol. The fourth-order valence-corrected chi connectivity index (χ4v) is 3.11. The van der Waals surface area contributed by atoms with E-state index in [1.54, 1.807) is 17.2 Å². The van der Waals surface area contributed by atoms with Crippen molar-refractivity contribution in [3.8, 4) is 0 Å². The molecule has 23 heavy (non-hydrogen) atoms. The predicted octanol–water partition coefficient (Wildman–Crippen LogP) is 2.07. The number of furan rings is 1. The van der Waals surface area contributed by atoms with Gasteiger partial charge in [-0.05, 0) is 43.7 Å². The van der Waals surface area contributed by atoms with Gasteiger partial charge in [0.2, 0.25) is 5.91 Å². The minimum atomic E-state index is -0.0846. The Morgan fingerprint density at radius 1 is 1.30 bits per heavy atom. The molecule has 126 valence electrons. The molecule has 0 atom stereocenters. The molecule has 2 fully saturated rings. The van der Waals surface area contributed by atoms with Crippen molar-refractivity contribution < 1.29 is 14.0 Å². The summed E-state index contributed by atoms with van der Waals surface area (Å²) in [6.45, 7) is 2.56. The number of hydrogen-bond donors (Lipinski definition) is 1. The third-order valence-electron chi connectivity index (χ3n) is 4.73. The van der Waals surface area contributed by atoms with Crippen LogP contribution in [0.1, 0.15) is 31.4 Å². The maximum atomic E-state index is 12.4. The Morgan fingerprint density at radius 2 is 2.04 bits per heavy atom. The minimum Gasteiger partial charge on any atom is -0.467 e. The molecule has 3 rings (SSSR count). The number of nitrogens with one attached hydrogen (secondary N) is 1. The molecular formula is C17H25N3O3. The van der Waals surface area contributed by atoms with Crippen LogP contribution in [0, 0.1) is 11.8 Å². The Balaban J connectivity index is 1.40. The first-order valence-electron chi connectivity index (χ1n) is 8.43. The van der Waals surface area contributed by atoms with Gasteiger partial charge in [0.1, 0.15) is 5.76 Å². The molecule has 0 bridgehead atoms. The van der Waals surface area contributed by atoms with Crippen LogP contribution in [0.4, 0.5) is 4.79 Å². The lowest BCUT2D eigenvalue weighted by molar-refractivity contribution is -0.135. The number of nitrogens with zero attached hydrogens (tertiary/aromatic N) is 2. The number of carbonyl (C=O) groups is 2. The summed E-state index contributed by atoms with van der Waals surface area (Å²) in [5.41, 5.74) is 0. The molecule has 1 aliphatic heterocycles. The van der Waals surface area contributed by atoms with E-state index in [0.29, 0.717) is 19.6 Å². The van der Waals surface area contributed by atoms with Crippen molar-refractivity contribution in [2.75, 3.05) is 26.7 Å². The fraction of sp³-hybridized carbons (Fsp3) is 0.647. The summed E-state index contributed by atoms with van der Waals surface area (Å²) in [5.74, 6) is 1.77. The van der Waals surface area contributed by atoms with Crippen molar-refractivity contribution in [2.24, 2.45) is 11.8 Å². The summed E-state index contributed by atoms with van der Waals surface area (Å²) in [6, 6.07) is 3.55. The first-order chi connectivity index (χ1) is 11.1. The van der Waals surface area contributed by atoms with E-state index in [4.69, 9.17) is 4.42 Å². The molecule has 0 spiro atoms. The zero-order valence-electron chi connectivity index (χ0n) is 13.7. The summed E-state index contributed by atoms with van der Waals surface area (Å²) in [6.07, 6.45) is 5.61. The van der Waals surface area contributed by atoms with Gasteiger partial charge < -0.3 is 19.5 Å². The molecule has 1 N–H and O–H groups in total. The summed E-state index contributed by atoms with van der Waals surface area (Å²) in [5, 5.41) is 2.85. The first kappa shape index (κ1) is 15.9. The lowest BCUT2D eigenvalue weighted by atomic mass is 9.95. The normalized spacial score (nSPS) is 18.7. The number of rotatable bonds is 5. The summed E-state index contributed by atoms with van der Waals surface area (Å²) < 4.78 is 5.20. The van der Waals surface area contributed by atoms with Crippen molar-refractivity contribution in [1.29, 1.82) is 0 Å². The highest BCUT2D eigenvalue weighted by Crippen LogP contribution is 2.30. The molecule has 2 aliphatic rings. The van der Waals surface area contributed by atoms with Crippen LogP contribution in [-0.4, -0.2) is 48.4 Å². The second-order valence-electron chi connectivity index (χ2n) is 6.66. The number of urea groups is 1. The highest BCUT2D eigenvalue weighted by Gasteiger charge is 2.31. The average Bonchev–Trinajstić information content (AvgIpc) is 3.23. The van der Waals surface area contributed by atoms with Crippen LogP contribution in [-0.2, 0) is 11.3 Å². The molecule has 0 unspecified atom stereocenters. The zero-order chi connectivity index (χ0) is 16.2. The summed E-state index contributed by atoms with van der Waals surface area (Å²) >= 11 is 0. The lowest BCUT2D eigenvalue weighted by Crippen LogP contribution is -2.47. The van der Waals surface area contributed by atoms with E-state index in [0.717, 1.165) is 31.1 Å². The lowest BCUT2D eigenvalue weighted by Gasteiger charge is -2.33. The van der Waals surface area contributed by atoms with Crippen LogP contribution in [0.5, 0.6) is 0 Å². The van der Waals surface area contributed by atoms with Gasteiger partial charge >= 0.3 is 6.03 Å². The molecule has 6 heteroatoms. The highest BCUT2D eigenvalue weighted by atomic mass is 16.3. The van der Waals surface area contributed by atoms with Crippen molar-refractivity contribution in [3.05, 3.63) is 24.2 Å². The third-order valence-corrected chi connectivity index (χ3v) is 4.73. The molecule has 1 saturated heterocycles. The van der Waals surface area contributed by atoms with Gasteiger partial charge in [-0.15, -0.1) is 0 Å². The number of hydrogen-bond acceptors (Lipinski definition) is 3. The smallest absolute Gasteiger partial charge is 0.317 e. The monoisotopic (exact) mass is 319 g/mol. The maximum Gasteiger partial charge on any atom is 0.317 e. The number of piperidine rings is 1. The maximum absolute atomic E-state index is 12.4. The Morgan fingerprint density at radius 3 is 2.65 bits per heavy atom. The SMILES string of the molecule is CN(CC1CC1)C(=O)C1CCN(C(=O)NCc2ccco2)CC1. The number of amides is 3. The number of carbonyl (C=O) groups excluding carboxylic acids is 2. The molecule has 1 saturated carbocycles. The van der Waals surface area contributed by atoms with E-state index in [1.165, 1.54) is 12.8 Å². The highest BCUT2D eigenvalue weighted by molar-refractivity contribution is 5.79. The van der Waals surface area contributed by atoms with Crippen LogP contribution >= 0.6 is 0 Å². The van der Waals surface area contributed by atoms with Crippen molar-refractivity contribution >= 4 is 11.9 Å². The summed E-state index contributed by atoms with van der Waals surface area (Å²) in [4.78, 5) is 28.2. The molecule has 1 aromatic rings. The Kier molecular flexibility index (Phi) is 4.88. The van der Waals surface area contributed by atoms with Gasteiger partial charge in [0.25, 0.3) is 0 Å². The standard InChI is InChI=1S/C17H25N3O3/c1-19(12-13-4-5-13)16(21)14-6-8-20(9-7-14)17(22)18-11-15-3-2-10-23-15/h2-3,10,13-14H,4-9,11-12H2,1H3,(H,18,22). The van der Waals surface area contributed by atoms with Crippen LogP contribution in [0.3, 0.4) is 0 Å². The molecule has 3 amide bonds. The molecule has 0 aromatic carbocycles. The molecule has 1 aromatic heterocycles. The number of likely N-dealkylation sites (tertiary alicyclic amines) is 1. The van der Waals surface area contributed by atoms with Gasteiger partial charge in [-0.3, -0.25) is 4.79 Å². The van der Waals surface area contributed by atoms with E-state index < -0.39 is 0 Å². The van der Waals surface area contributed by atoms with Gasteiger partial charge in [-0.1, -0.05) is 0 Å². The van der Waals surface area contributed by atoms with E-state index in [9.17, 15) is 9.59 Å². The van der Waals surface area contributed by atoms with Gasteiger partial charge in [0, 0.05) is 32.6 Å². The quantitative estimate of drug-likeness (QED) is 0.903. The topological polar surface area (TPSA) is 65.8 Å². The van der Waals surface area contributed by atoms with Gasteiger partial charge in [-0.25, -0.2) is 4.79 Å². The van der Waals surface area contributed by atoms with Crippen LogP contribution in [0.25, 0.3) is 0 Å². The zero-order valence-corrected chi connectivity index (χ0v) is 13.7. The van der Waals surface area contributed by atoms with Gasteiger partial charge in [0.15, 0.2) is 0 Å². The van der Waals surface area contributed by atoms with E-state index in [-0.39, 0.29) is 17.9 Å². The molecule has 6 nitrogen and oxygen atoms in total. The molecule has 2 heterocycles. The third kappa shape index (κ3) is 4.27. The van der Waals surface area contributed by atoms with Crippen molar-refractivity contribution in [1.82, 2.24) is 15.1 Å². The van der Waals surface area contributed by atoms with E-state index in [2.05, 4.69) is 5.32 Å². The molecular weight excluding hydrogens is 294 g/mol. The Hall–Kier alpha value is -1.98. The van der Waals surface area contributed by atoms with Crippen molar-refractivity contribution in [2.45, 2.75) is 32.2 Å². The van der Waals surface area contributed by atoms with Crippen LogP contribution in [0.15, 0.2) is 22.8 Å². The Bertz CT molecular complexity index is 531. The van der Waals surface area contributed by atoms with Crippen LogP contribution < -0.4 is 5.32 Å². The van der Waals surface area contributed by atoms with Gasteiger partial charge in [-0.2, -0.15) is 0 Å². The second-order valence-corrected chi connectivity index (χ2v) is 6.66. The second kappa shape index (κ2) is 7.06. The Labute approximate surface area is 136 Å². The van der Waals surface area contributed by atoms with E-state index >= 15 is 0 Å².